The van der Waals surface area contributed by atoms with Crippen molar-refractivity contribution in [1.82, 2.24) is 29.6 Å². The van der Waals surface area contributed by atoms with E-state index in [1.165, 1.54) is 5.56 Å². The molecule has 0 radical (unpaired) electrons. The van der Waals surface area contributed by atoms with E-state index in [2.05, 4.69) is 37.8 Å². The second kappa shape index (κ2) is 8.68. The number of rotatable bonds is 6. The molecule has 9 heteroatoms. The molecule has 0 unspecified atom stereocenters. The maximum atomic E-state index is 12.6. The first kappa shape index (κ1) is 21.0. The number of hydrogen-bond donors (Lipinski definition) is 1. The van der Waals surface area contributed by atoms with Crippen LogP contribution in [0.5, 0.6) is 5.75 Å². The highest BCUT2D eigenvalue weighted by Crippen LogP contribution is 2.38. The van der Waals surface area contributed by atoms with E-state index in [0.29, 0.717) is 36.1 Å². The second-order valence-corrected chi connectivity index (χ2v) is 8.53. The molecule has 0 saturated carbocycles. The SMILES string of the molecule is Cc1nnc2ccc(-n3ncc4c3NC(=O)C[C@@H]4c3ccc(OCCc4ccccc4)cc3)nn12. The summed E-state index contributed by atoms with van der Waals surface area (Å²) in [5.74, 6) is 2.52. The third kappa shape index (κ3) is 4.01. The van der Waals surface area contributed by atoms with E-state index < -0.39 is 0 Å². The summed E-state index contributed by atoms with van der Waals surface area (Å²) in [6.45, 7) is 2.44. The number of anilines is 1. The highest BCUT2D eigenvalue weighted by atomic mass is 16.5. The van der Waals surface area contributed by atoms with Crippen molar-refractivity contribution in [3.8, 4) is 11.6 Å². The first-order valence-electron chi connectivity index (χ1n) is 11.5. The molecule has 5 aromatic rings. The van der Waals surface area contributed by atoms with E-state index in [-0.39, 0.29) is 11.8 Å². The van der Waals surface area contributed by atoms with Crippen LogP contribution in [0.15, 0.2) is 72.9 Å². The fourth-order valence-electron chi connectivity index (χ4n) is 4.42. The van der Waals surface area contributed by atoms with E-state index in [1.807, 2.05) is 61.5 Å². The fourth-order valence-corrected chi connectivity index (χ4v) is 4.42. The first-order chi connectivity index (χ1) is 17.2. The van der Waals surface area contributed by atoms with Crippen LogP contribution >= 0.6 is 0 Å². The minimum absolute atomic E-state index is 0.0611. The maximum absolute atomic E-state index is 12.6. The highest BCUT2D eigenvalue weighted by molar-refractivity contribution is 5.94. The monoisotopic (exact) mass is 465 g/mol. The lowest BCUT2D eigenvalue weighted by molar-refractivity contribution is -0.116. The number of nitrogens with one attached hydrogen (secondary N) is 1. The predicted molar refractivity (Wildman–Crippen MR) is 130 cm³/mol. The Balaban J connectivity index is 1.23. The predicted octanol–water partition coefficient (Wildman–Crippen LogP) is 3.71. The molecule has 6 rings (SSSR count). The van der Waals surface area contributed by atoms with Gasteiger partial charge in [-0.3, -0.25) is 4.79 Å². The number of carbonyl (C=O) groups is 1. The minimum Gasteiger partial charge on any atom is -0.493 e. The van der Waals surface area contributed by atoms with Crippen molar-refractivity contribution in [2.75, 3.05) is 11.9 Å². The molecule has 3 aromatic heterocycles. The summed E-state index contributed by atoms with van der Waals surface area (Å²) in [4.78, 5) is 12.6. The zero-order valence-electron chi connectivity index (χ0n) is 19.1. The Bertz CT molecular complexity index is 1510. The van der Waals surface area contributed by atoms with E-state index in [9.17, 15) is 4.79 Å². The smallest absolute Gasteiger partial charge is 0.226 e. The molecule has 2 aromatic carbocycles. The summed E-state index contributed by atoms with van der Waals surface area (Å²) in [6, 6.07) is 21.9. The molecule has 0 spiro atoms. The Morgan fingerprint density at radius 2 is 1.86 bits per heavy atom. The van der Waals surface area contributed by atoms with Crippen LogP contribution in [-0.4, -0.2) is 42.1 Å². The van der Waals surface area contributed by atoms with Crippen LogP contribution < -0.4 is 10.1 Å². The van der Waals surface area contributed by atoms with Crippen molar-refractivity contribution >= 4 is 17.4 Å². The lowest BCUT2D eigenvalue weighted by Crippen LogP contribution is -2.24. The van der Waals surface area contributed by atoms with Gasteiger partial charge in [-0.2, -0.15) is 14.3 Å². The van der Waals surface area contributed by atoms with Gasteiger partial charge in [-0.25, -0.2) is 0 Å². The molecule has 1 aliphatic heterocycles. The maximum Gasteiger partial charge on any atom is 0.226 e. The van der Waals surface area contributed by atoms with E-state index in [4.69, 9.17) is 4.74 Å². The number of nitrogens with zero attached hydrogens (tertiary/aromatic N) is 6. The Hall–Kier alpha value is -4.53. The minimum atomic E-state index is -0.105. The average molecular weight is 466 g/mol. The third-order valence-corrected chi connectivity index (χ3v) is 6.23. The summed E-state index contributed by atoms with van der Waals surface area (Å²) in [6.07, 6.45) is 3.00. The number of ether oxygens (including phenoxy) is 1. The molecule has 1 amide bonds. The van der Waals surface area contributed by atoms with E-state index in [1.54, 1.807) is 15.4 Å². The molecule has 0 fully saturated rings. The van der Waals surface area contributed by atoms with Crippen LogP contribution in [0.2, 0.25) is 0 Å². The molecule has 0 saturated heterocycles. The van der Waals surface area contributed by atoms with Gasteiger partial charge in [-0.1, -0.05) is 42.5 Å². The van der Waals surface area contributed by atoms with Gasteiger partial charge in [0.1, 0.15) is 11.6 Å². The van der Waals surface area contributed by atoms with Crippen molar-refractivity contribution in [2.45, 2.75) is 25.7 Å². The number of carbonyl (C=O) groups excluding carboxylic acids is 1. The average Bonchev–Trinajstić information content (AvgIpc) is 3.48. The standard InChI is InChI=1S/C26H23N7O2/c1-17-29-30-23-11-12-24(31-32(17)23)33-26-22(16-27-33)21(15-25(34)28-26)19-7-9-20(10-8-19)35-14-13-18-5-3-2-4-6-18/h2-12,16,21H,13-15H2,1H3,(H,28,34)/t21-/m1/s1. The number of hydrogen-bond acceptors (Lipinski definition) is 6. The number of amides is 1. The second-order valence-electron chi connectivity index (χ2n) is 8.53. The molecule has 9 nitrogen and oxygen atoms in total. The number of fused-ring (bicyclic) bond motifs is 2. The zero-order chi connectivity index (χ0) is 23.8. The Morgan fingerprint density at radius 3 is 2.69 bits per heavy atom. The normalized spacial score (nSPS) is 15.1. The van der Waals surface area contributed by atoms with Gasteiger partial charge in [0.15, 0.2) is 17.3 Å². The van der Waals surface area contributed by atoms with Crippen LogP contribution in [0.1, 0.15) is 34.9 Å². The van der Waals surface area contributed by atoms with Crippen molar-refractivity contribution in [1.29, 1.82) is 0 Å². The van der Waals surface area contributed by atoms with Crippen molar-refractivity contribution in [2.24, 2.45) is 0 Å². The summed E-state index contributed by atoms with van der Waals surface area (Å²) in [7, 11) is 0. The lowest BCUT2D eigenvalue weighted by Gasteiger charge is -2.23. The van der Waals surface area contributed by atoms with Gasteiger partial charge in [0.2, 0.25) is 5.91 Å². The van der Waals surface area contributed by atoms with Gasteiger partial charge in [-0.05, 0) is 42.3 Å². The van der Waals surface area contributed by atoms with Gasteiger partial charge in [-0.15, -0.1) is 15.3 Å². The van der Waals surface area contributed by atoms with Crippen molar-refractivity contribution in [3.63, 3.8) is 0 Å². The largest absolute Gasteiger partial charge is 0.493 e. The van der Waals surface area contributed by atoms with Crippen LogP contribution in [0.3, 0.4) is 0 Å². The van der Waals surface area contributed by atoms with Crippen molar-refractivity contribution < 1.29 is 9.53 Å². The molecular formula is C26H23N7O2. The molecule has 0 aliphatic carbocycles. The lowest BCUT2D eigenvalue weighted by atomic mass is 9.87. The number of benzene rings is 2. The molecule has 4 heterocycles. The Labute approximate surface area is 201 Å². The highest BCUT2D eigenvalue weighted by Gasteiger charge is 2.30. The van der Waals surface area contributed by atoms with Gasteiger partial charge >= 0.3 is 0 Å². The van der Waals surface area contributed by atoms with Gasteiger partial charge in [0.25, 0.3) is 0 Å². The molecule has 1 aliphatic rings. The van der Waals surface area contributed by atoms with Crippen LogP contribution in [-0.2, 0) is 11.2 Å². The molecule has 0 bridgehead atoms. The summed E-state index contributed by atoms with van der Waals surface area (Å²) >= 11 is 0. The van der Waals surface area contributed by atoms with Crippen LogP contribution in [0.25, 0.3) is 11.5 Å². The van der Waals surface area contributed by atoms with Gasteiger partial charge in [0, 0.05) is 24.3 Å². The van der Waals surface area contributed by atoms with Gasteiger partial charge < -0.3 is 10.1 Å². The number of aryl methyl sites for hydroxylation is 1. The van der Waals surface area contributed by atoms with Crippen LogP contribution in [0.4, 0.5) is 5.82 Å². The van der Waals surface area contributed by atoms with Crippen LogP contribution in [0, 0.1) is 6.92 Å². The number of aromatic nitrogens is 6. The molecule has 1 atom stereocenters. The molecule has 174 valence electrons. The van der Waals surface area contributed by atoms with Crippen molar-refractivity contribution in [3.05, 3.63) is 95.4 Å². The summed E-state index contributed by atoms with van der Waals surface area (Å²) in [5, 5.41) is 20.2. The molecular weight excluding hydrogens is 442 g/mol. The fraction of sp³-hybridized carbons (Fsp3) is 0.192. The third-order valence-electron chi connectivity index (χ3n) is 6.23. The Kier molecular flexibility index (Phi) is 5.21. The molecule has 35 heavy (non-hydrogen) atoms. The zero-order valence-corrected chi connectivity index (χ0v) is 19.1. The molecule has 1 N–H and O–H groups in total. The van der Waals surface area contributed by atoms with E-state index in [0.717, 1.165) is 23.3 Å². The first-order valence-corrected chi connectivity index (χ1v) is 11.5. The summed E-state index contributed by atoms with van der Waals surface area (Å²) < 4.78 is 9.23. The van der Waals surface area contributed by atoms with Gasteiger partial charge in [0.05, 0.1) is 12.8 Å². The quantitative estimate of drug-likeness (QED) is 0.410. The van der Waals surface area contributed by atoms with E-state index >= 15 is 0 Å². The topological polar surface area (TPSA) is 99.2 Å². The Morgan fingerprint density at radius 1 is 1.03 bits per heavy atom. The summed E-state index contributed by atoms with van der Waals surface area (Å²) in [5.41, 5.74) is 3.88.